The molecule has 3 heterocycles. The van der Waals surface area contributed by atoms with Crippen molar-refractivity contribution in [1.29, 1.82) is 0 Å². The minimum absolute atomic E-state index is 0.155. The zero-order chi connectivity index (χ0) is 18.6. The van der Waals surface area contributed by atoms with Crippen molar-refractivity contribution < 1.29 is 9.53 Å². The van der Waals surface area contributed by atoms with Gasteiger partial charge < -0.3 is 15.4 Å². The van der Waals surface area contributed by atoms with E-state index < -0.39 is 0 Å². The van der Waals surface area contributed by atoms with Gasteiger partial charge in [0.05, 0.1) is 24.9 Å². The van der Waals surface area contributed by atoms with Gasteiger partial charge in [-0.3, -0.25) is 4.79 Å². The molecule has 1 amide bonds. The Bertz CT molecular complexity index is 946. The minimum Gasteiger partial charge on any atom is -0.496 e. The van der Waals surface area contributed by atoms with Crippen molar-refractivity contribution in [3.63, 3.8) is 0 Å². The number of rotatable bonds is 6. The number of amides is 1. The van der Waals surface area contributed by atoms with E-state index >= 15 is 0 Å². The maximum absolute atomic E-state index is 12.4. The van der Waals surface area contributed by atoms with Gasteiger partial charge in [0.2, 0.25) is 0 Å². The minimum atomic E-state index is -0.155. The SMILES string of the molecule is COc1ccccc1C(=O)NCCn1nc([C@H]2CCNC2)c2cccnc21. The number of methoxy groups -OCH3 is 1. The smallest absolute Gasteiger partial charge is 0.255 e. The molecule has 0 bridgehead atoms. The van der Waals surface area contributed by atoms with Crippen LogP contribution >= 0.6 is 0 Å². The van der Waals surface area contributed by atoms with Gasteiger partial charge in [0.1, 0.15) is 5.75 Å². The molecule has 1 aliphatic rings. The molecule has 1 atom stereocenters. The van der Waals surface area contributed by atoms with Crippen molar-refractivity contribution in [2.24, 2.45) is 0 Å². The van der Waals surface area contributed by atoms with E-state index in [1.165, 1.54) is 0 Å². The Morgan fingerprint density at radius 3 is 3.04 bits per heavy atom. The maximum atomic E-state index is 12.4. The first-order chi connectivity index (χ1) is 13.3. The number of hydrogen-bond donors (Lipinski definition) is 2. The second-order valence-corrected chi connectivity index (χ2v) is 6.63. The van der Waals surface area contributed by atoms with Gasteiger partial charge in [-0.2, -0.15) is 5.10 Å². The topological polar surface area (TPSA) is 81.1 Å². The number of benzene rings is 1. The molecular weight excluding hydrogens is 342 g/mol. The zero-order valence-corrected chi connectivity index (χ0v) is 15.3. The lowest BCUT2D eigenvalue weighted by atomic mass is 10.0. The monoisotopic (exact) mass is 365 g/mol. The summed E-state index contributed by atoms with van der Waals surface area (Å²) in [5.41, 5.74) is 2.49. The van der Waals surface area contributed by atoms with Gasteiger partial charge in [-0.05, 0) is 37.2 Å². The molecule has 4 rings (SSSR count). The summed E-state index contributed by atoms with van der Waals surface area (Å²) < 4.78 is 7.15. The van der Waals surface area contributed by atoms with Crippen molar-refractivity contribution in [3.05, 3.63) is 53.9 Å². The van der Waals surface area contributed by atoms with Crippen LogP contribution < -0.4 is 15.4 Å². The largest absolute Gasteiger partial charge is 0.496 e. The van der Waals surface area contributed by atoms with Crippen LogP contribution in [0.2, 0.25) is 0 Å². The van der Waals surface area contributed by atoms with Gasteiger partial charge in [0, 0.05) is 30.6 Å². The van der Waals surface area contributed by atoms with Crippen LogP contribution in [-0.2, 0) is 6.54 Å². The molecule has 2 aromatic heterocycles. The van der Waals surface area contributed by atoms with Crippen molar-refractivity contribution in [1.82, 2.24) is 25.4 Å². The van der Waals surface area contributed by atoms with Crippen LogP contribution in [-0.4, -0.2) is 47.4 Å². The van der Waals surface area contributed by atoms with E-state index in [0.717, 1.165) is 36.2 Å². The number of hydrogen-bond acceptors (Lipinski definition) is 5. The number of fused-ring (bicyclic) bond motifs is 1. The van der Waals surface area contributed by atoms with Crippen LogP contribution in [0, 0.1) is 0 Å². The highest BCUT2D eigenvalue weighted by molar-refractivity contribution is 5.96. The Kier molecular flexibility index (Phi) is 5.02. The molecule has 27 heavy (non-hydrogen) atoms. The van der Waals surface area contributed by atoms with Gasteiger partial charge in [-0.15, -0.1) is 0 Å². The lowest BCUT2D eigenvalue weighted by Crippen LogP contribution is -2.28. The number of nitrogens with one attached hydrogen (secondary N) is 2. The number of carbonyl (C=O) groups is 1. The average molecular weight is 365 g/mol. The lowest BCUT2D eigenvalue weighted by molar-refractivity contribution is 0.0949. The molecule has 0 aliphatic carbocycles. The molecule has 1 fully saturated rings. The number of para-hydroxylation sites is 1. The maximum Gasteiger partial charge on any atom is 0.255 e. The molecule has 3 aromatic rings. The summed E-state index contributed by atoms with van der Waals surface area (Å²) in [4.78, 5) is 17.0. The number of carbonyl (C=O) groups excluding carboxylic acids is 1. The van der Waals surface area contributed by atoms with Crippen molar-refractivity contribution in [2.75, 3.05) is 26.7 Å². The number of nitrogens with zero attached hydrogens (tertiary/aromatic N) is 3. The van der Waals surface area contributed by atoms with E-state index in [9.17, 15) is 4.79 Å². The fourth-order valence-electron chi connectivity index (χ4n) is 3.58. The number of pyridine rings is 1. The van der Waals surface area contributed by atoms with Crippen LogP contribution in [0.5, 0.6) is 5.75 Å². The summed E-state index contributed by atoms with van der Waals surface area (Å²) in [6.07, 6.45) is 2.87. The molecule has 0 saturated carbocycles. The molecule has 7 nitrogen and oxygen atoms in total. The third kappa shape index (κ3) is 3.50. The van der Waals surface area contributed by atoms with E-state index in [1.54, 1.807) is 25.4 Å². The third-order valence-corrected chi connectivity index (χ3v) is 4.94. The molecule has 2 N–H and O–H groups in total. The number of aromatic nitrogens is 3. The molecule has 1 saturated heterocycles. The Morgan fingerprint density at radius 1 is 1.33 bits per heavy atom. The molecule has 7 heteroatoms. The fraction of sp³-hybridized carbons (Fsp3) is 0.350. The molecule has 140 valence electrons. The van der Waals surface area contributed by atoms with E-state index in [1.807, 2.05) is 22.9 Å². The Labute approximate surface area is 157 Å². The van der Waals surface area contributed by atoms with Crippen LogP contribution in [0.1, 0.15) is 28.4 Å². The Balaban J connectivity index is 1.48. The van der Waals surface area contributed by atoms with Crippen molar-refractivity contribution in [3.8, 4) is 5.75 Å². The summed E-state index contributed by atoms with van der Waals surface area (Å²) in [6, 6.07) is 11.2. The van der Waals surface area contributed by atoms with Gasteiger partial charge in [0.25, 0.3) is 5.91 Å². The molecule has 0 unspecified atom stereocenters. The average Bonchev–Trinajstić information content (AvgIpc) is 3.36. The van der Waals surface area contributed by atoms with Gasteiger partial charge in [0.15, 0.2) is 5.65 Å². The van der Waals surface area contributed by atoms with Crippen LogP contribution in [0.4, 0.5) is 0 Å². The third-order valence-electron chi connectivity index (χ3n) is 4.94. The summed E-state index contributed by atoms with van der Waals surface area (Å²) in [5, 5.41) is 12.3. The summed E-state index contributed by atoms with van der Waals surface area (Å²) >= 11 is 0. The second kappa shape index (κ2) is 7.75. The first-order valence-electron chi connectivity index (χ1n) is 9.21. The standard InChI is InChI=1S/C20H23N5O2/c1-27-17-7-3-2-5-15(17)20(26)23-11-12-25-19-16(6-4-9-22-19)18(24-25)14-8-10-21-13-14/h2-7,9,14,21H,8,10-13H2,1H3,(H,23,26)/t14-/m0/s1. The van der Waals surface area contributed by atoms with Gasteiger partial charge in [-0.1, -0.05) is 12.1 Å². The second-order valence-electron chi connectivity index (χ2n) is 6.63. The summed E-state index contributed by atoms with van der Waals surface area (Å²) in [5.74, 6) is 0.829. The van der Waals surface area contributed by atoms with Crippen molar-refractivity contribution in [2.45, 2.75) is 18.9 Å². The highest BCUT2D eigenvalue weighted by Gasteiger charge is 2.23. The Morgan fingerprint density at radius 2 is 2.22 bits per heavy atom. The predicted octanol–water partition coefficient (Wildman–Crippen LogP) is 1.95. The highest BCUT2D eigenvalue weighted by atomic mass is 16.5. The summed E-state index contributed by atoms with van der Waals surface area (Å²) in [6.45, 7) is 3.00. The Hall–Kier alpha value is -2.93. The molecule has 0 radical (unpaired) electrons. The zero-order valence-electron chi connectivity index (χ0n) is 15.3. The highest BCUT2D eigenvalue weighted by Crippen LogP contribution is 2.27. The van der Waals surface area contributed by atoms with Crippen molar-refractivity contribution >= 4 is 16.9 Å². The van der Waals surface area contributed by atoms with E-state index in [2.05, 4.69) is 21.7 Å². The predicted molar refractivity (Wildman–Crippen MR) is 103 cm³/mol. The van der Waals surface area contributed by atoms with Crippen LogP contribution in [0.3, 0.4) is 0 Å². The van der Waals surface area contributed by atoms with Crippen LogP contribution in [0.15, 0.2) is 42.6 Å². The quantitative estimate of drug-likeness (QED) is 0.698. The summed E-state index contributed by atoms with van der Waals surface area (Å²) in [7, 11) is 1.56. The number of ether oxygens (including phenoxy) is 1. The molecule has 0 spiro atoms. The first kappa shape index (κ1) is 17.5. The van der Waals surface area contributed by atoms with E-state index in [4.69, 9.17) is 9.84 Å². The van der Waals surface area contributed by atoms with Crippen LogP contribution in [0.25, 0.3) is 11.0 Å². The van der Waals surface area contributed by atoms with Gasteiger partial charge in [-0.25, -0.2) is 9.67 Å². The first-order valence-corrected chi connectivity index (χ1v) is 9.21. The normalized spacial score (nSPS) is 16.6. The fourth-order valence-corrected chi connectivity index (χ4v) is 3.58. The van der Waals surface area contributed by atoms with E-state index in [-0.39, 0.29) is 5.91 Å². The molecular formula is C20H23N5O2. The molecule has 1 aliphatic heterocycles. The van der Waals surface area contributed by atoms with Gasteiger partial charge >= 0.3 is 0 Å². The molecule has 1 aromatic carbocycles. The lowest BCUT2D eigenvalue weighted by Gasteiger charge is -2.09. The van der Waals surface area contributed by atoms with E-state index in [0.29, 0.717) is 30.3 Å².